The highest BCUT2D eigenvalue weighted by molar-refractivity contribution is 5.90. The van der Waals surface area contributed by atoms with E-state index in [0.717, 1.165) is 31.3 Å². The predicted octanol–water partition coefficient (Wildman–Crippen LogP) is 3.30. The fraction of sp³-hybridized carbons (Fsp3) is 0.800. The van der Waals surface area contributed by atoms with Crippen LogP contribution in [0.2, 0.25) is 0 Å². The summed E-state index contributed by atoms with van der Waals surface area (Å²) in [6.45, 7) is 10.6. The van der Waals surface area contributed by atoms with Gasteiger partial charge in [0.15, 0.2) is 0 Å². The van der Waals surface area contributed by atoms with Crippen LogP contribution in [-0.4, -0.2) is 22.8 Å². The first kappa shape index (κ1) is 15.6. The molecule has 5 aliphatic rings. The van der Waals surface area contributed by atoms with Crippen molar-refractivity contribution in [3.05, 3.63) is 12.2 Å². The zero-order chi connectivity index (χ0) is 16.8. The smallest absolute Gasteiger partial charge is 0.140 e. The molecule has 0 amide bonds. The average Bonchev–Trinajstić information content (AvgIpc) is 2.45. The van der Waals surface area contributed by atoms with Gasteiger partial charge in [0.1, 0.15) is 11.6 Å². The second-order valence-electron chi connectivity index (χ2n) is 9.44. The summed E-state index contributed by atoms with van der Waals surface area (Å²) in [5.74, 6) is 0.896. The third-order valence-electron chi connectivity index (χ3n) is 8.24. The van der Waals surface area contributed by atoms with E-state index >= 15 is 0 Å². The molecule has 2 bridgehead atoms. The number of rotatable bonds is 0. The SMILES string of the molecule is C=C1C[C@]23CC[C@H]4C(C)(C)C(=O)CC[C@]4(C)[C@H]2[C@@H](O)[C@H]1CC3=O. The van der Waals surface area contributed by atoms with Gasteiger partial charge in [0, 0.05) is 35.5 Å². The molecule has 0 saturated heterocycles. The molecular weight excluding hydrogens is 288 g/mol. The average molecular weight is 316 g/mol. The molecule has 23 heavy (non-hydrogen) atoms. The largest absolute Gasteiger partial charge is 0.392 e. The van der Waals surface area contributed by atoms with E-state index in [9.17, 15) is 14.7 Å². The molecule has 126 valence electrons. The normalized spacial score (nSPS) is 51.4. The minimum atomic E-state index is -0.467. The number of fused-ring (bicyclic) bond motifs is 3. The van der Waals surface area contributed by atoms with Crippen LogP contribution in [0.4, 0.5) is 0 Å². The van der Waals surface area contributed by atoms with Crippen molar-refractivity contribution in [2.75, 3.05) is 0 Å². The van der Waals surface area contributed by atoms with Crippen molar-refractivity contribution in [3.8, 4) is 0 Å². The number of hydrogen-bond acceptors (Lipinski definition) is 3. The first-order valence-corrected chi connectivity index (χ1v) is 9.07. The van der Waals surface area contributed by atoms with Gasteiger partial charge in [-0.3, -0.25) is 9.59 Å². The third kappa shape index (κ3) is 1.65. The van der Waals surface area contributed by atoms with E-state index in [1.54, 1.807) is 0 Å². The predicted molar refractivity (Wildman–Crippen MR) is 87.7 cm³/mol. The molecule has 5 aliphatic carbocycles. The molecule has 5 fully saturated rings. The Hall–Kier alpha value is -0.960. The Labute approximate surface area is 138 Å². The molecule has 0 aliphatic heterocycles. The number of ketones is 2. The van der Waals surface area contributed by atoms with E-state index in [0.29, 0.717) is 24.4 Å². The maximum Gasteiger partial charge on any atom is 0.140 e. The Morgan fingerprint density at radius 1 is 1.13 bits per heavy atom. The number of hydrogen-bond donors (Lipinski definition) is 1. The maximum absolute atomic E-state index is 12.9. The van der Waals surface area contributed by atoms with E-state index in [1.807, 2.05) is 0 Å². The second-order valence-corrected chi connectivity index (χ2v) is 9.44. The van der Waals surface area contributed by atoms with Gasteiger partial charge in [0.05, 0.1) is 6.10 Å². The van der Waals surface area contributed by atoms with E-state index < -0.39 is 11.5 Å². The monoisotopic (exact) mass is 316 g/mol. The van der Waals surface area contributed by atoms with E-state index in [4.69, 9.17) is 0 Å². The van der Waals surface area contributed by atoms with Crippen LogP contribution in [0.5, 0.6) is 0 Å². The van der Waals surface area contributed by atoms with Crippen LogP contribution in [0.3, 0.4) is 0 Å². The molecule has 6 atom stereocenters. The van der Waals surface area contributed by atoms with E-state index in [2.05, 4.69) is 27.4 Å². The lowest BCUT2D eigenvalue weighted by Gasteiger charge is -2.67. The van der Waals surface area contributed by atoms with Crippen molar-refractivity contribution in [1.29, 1.82) is 0 Å². The Morgan fingerprint density at radius 3 is 2.52 bits per heavy atom. The lowest BCUT2D eigenvalue weighted by atomic mass is 9.36. The topological polar surface area (TPSA) is 54.4 Å². The molecule has 1 spiro atoms. The fourth-order valence-electron chi connectivity index (χ4n) is 7.15. The molecule has 0 unspecified atom stereocenters. The maximum atomic E-state index is 12.9. The highest BCUT2D eigenvalue weighted by atomic mass is 16.3. The summed E-state index contributed by atoms with van der Waals surface area (Å²) in [4.78, 5) is 25.4. The summed E-state index contributed by atoms with van der Waals surface area (Å²) in [6.07, 6.45) is 3.90. The molecule has 0 aromatic heterocycles. The van der Waals surface area contributed by atoms with Crippen LogP contribution in [0.25, 0.3) is 0 Å². The first-order chi connectivity index (χ1) is 10.6. The molecule has 0 aromatic rings. The van der Waals surface area contributed by atoms with Crippen LogP contribution in [0.15, 0.2) is 12.2 Å². The molecule has 0 heterocycles. The summed E-state index contributed by atoms with van der Waals surface area (Å²) >= 11 is 0. The molecular formula is C20H28O3. The van der Waals surface area contributed by atoms with Gasteiger partial charge in [-0.15, -0.1) is 0 Å². The van der Waals surface area contributed by atoms with Crippen LogP contribution in [0, 0.1) is 34.0 Å². The minimum Gasteiger partial charge on any atom is -0.392 e. The summed E-state index contributed by atoms with van der Waals surface area (Å²) in [5, 5.41) is 11.1. The summed E-state index contributed by atoms with van der Waals surface area (Å²) < 4.78 is 0. The lowest BCUT2D eigenvalue weighted by molar-refractivity contribution is -0.209. The molecule has 5 saturated carbocycles. The quantitative estimate of drug-likeness (QED) is 0.698. The van der Waals surface area contributed by atoms with Gasteiger partial charge in [0.2, 0.25) is 0 Å². The molecule has 1 N–H and O–H groups in total. The molecule has 3 nitrogen and oxygen atoms in total. The van der Waals surface area contributed by atoms with Crippen LogP contribution >= 0.6 is 0 Å². The molecule has 0 aromatic carbocycles. The lowest BCUT2D eigenvalue weighted by Crippen LogP contribution is -2.68. The van der Waals surface area contributed by atoms with E-state index in [1.165, 1.54) is 0 Å². The van der Waals surface area contributed by atoms with Crippen molar-refractivity contribution >= 4 is 11.6 Å². The minimum absolute atomic E-state index is 0.00197. The Bertz CT molecular complexity index is 618. The van der Waals surface area contributed by atoms with E-state index in [-0.39, 0.29) is 28.6 Å². The van der Waals surface area contributed by atoms with Gasteiger partial charge in [0.25, 0.3) is 0 Å². The molecule has 5 rings (SSSR count). The van der Waals surface area contributed by atoms with Crippen molar-refractivity contribution in [3.63, 3.8) is 0 Å². The van der Waals surface area contributed by atoms with Crippen LogP contribution in [0.1, 0.15) is 59.3 Å². The summed E-state index contributed by atoms with van der Waals surface area (Å²) in [7, 11) is 0. The van der Waals surface area contributed by atoms with Crippen molar-refractivity contribution in [1.82, 2.24) is 0 Å². The van der Waals surface area contributed by atoms with Crippen LogP contribution < -0.4 is 0 Å². The number of aliphatic hydroxyl groups is 1. The van der Waals surface area contributed by atoms with Gasteiger partial charge in [-0.05, 0) is 37.0 Å². The highest BCUT2D eigenvalue weighted by Gasteiger charge is 2.69. The Morgan fingerprint density at radius 2 is 1.83 bits per heavy atom. The summed E-state index contributed by atoms with van der Waals surface area (Å²) in [6, 6.07) is 0. The standard InChI is InChI=1S/C20H28O3/c1-11-10-20-8-5-13-18(2,3)14(21)6-7-19(13,4)17(20)16(23)12(11)9-15(20)22/h12-13,16-17,23H,1,5-10H2,2-4H3/t12-,13-,16-,17+,19-,20-/m0/s1. The first-order valence-electron chi connectivity index (χ1n) is 9.07. The van der Waals surface area contributed by atoms with Crippen molar-refractivity contribution < 1.29 is 14.7 Å². The zero-order valence-electron chi connectivity index (χ0n) is 14.5. The Kier molecular flexibility index (Phi) is 2.95. The van der Waals surface area contributed by atoms with Gasteiger partial charge in [-0.25, -0.2) is 0 Å². The fourth-order valence-corrected chi connectivity index (χ4v) is 7.15. The van der Waals surface area contributed by atoms with Gasteiger partial charge >= 0.3 is 0 Å². The molecule has 0 radical (unpaired) electrons. The van der Waals surface area contributed by atoms with Gasteiger partial charge in [-0.2, -0.15) is 0 Å². The van der Waals surface area contributed by atoms with Gasteiger partial charge < -0.3 is 5.11 Å². The number of carbonyl (C=O) groups excluding carboxylic acids is 2. The molecule has 3 heteroatoms. The van der Waals surface area contributed by atoms with Crippen LogP contribution in [-0.2, 0) is 9.59 Å². The highest BCUT2D eigenvalue weighted by Crippen LogP contribution is 2.70. The van der Waals surface area contributed by atoms with Crippen molar-refractivity contribution in [2.24, 2.45) is 34.0 Å². The number of aliphatic hydroxyl groups excluding tert-OH is 1. The van der Waals surface area contributed by atoms with Gasteiger partial charge in [-0.1, -0.05) is 32.9 Å². The van der Waals surface area contributed by atoms with Crippen molar-refractivity contribution in [2.45, 2.75) is 65.4 Å². The number of Topliss-reactive ketones (excluding diaryl/α,β-unsaturated/α-hetero) is 2. The third-order valence-corrected chi connectivity index (χ3v) is 8.24. The Balaban J connectivity index is 1.85. The number of carbonyl (C=O) groups is 2. The second kappa shape index (κ2) is 4.36. The summed E-state index contributed by atoms with van der Waals surface area (Å²) in [5.41, 5.74) is 0.198. The zero-order valence-corrected chi connectivity index (χ0v) is 14.5.